The number of carbonyl (C=O) groups is 1. The van der Waals surface area contributed by atoms with Crippen LogP contribution < -0.4 is 5.32 Å². The van der Waals surface area contributed by atoms with Crippen LogP contribution in [0.1, 0.15) is 37.3 Å². The van der Waals surface area contributed by atoms with E-state index in [2.05, 4.69) is 60.8 Å². The molecule has 2 unspecified atom stereocenters. The predicted molar refractivity (Wildman–Crippen MR) is 104 cm³/mol. The van der Waals surface area contributed by atoms with Crippen LogP contribution in [-0.4, -0.2) is 36.9 Å². The van der Waals surface area contributed by atoms with Crippen molar-refractivity contribution in [3.8, 4) is 0 Å². The Kier molecular flexibility index (Phi) is 8.32. The molecule has 0 saturated carbocycles. The van der Waals surface area contributed by atoms with Gasteiger partial charge in [0.15, 0.2) is 0 Å². The number of aliphatic hydroxyl groups is 1. The van der Waals surface area contributed by atoms with Gasteiger partial charge in [-0.05, 0) is 36.9 Å². The van der Waals surface area contributed by atoms with Crippen molar-refractivity contribution in [2.45, 2.75) is 32.2 Å². The fraction of sp³-hybridized carbons (Fsp3) is 0.409. The maximum absolute atomic E-state index is 12.1. The zero-order valence-electron chi connectivity index (χ0n) is 15.6. The number of carbonyl (C=O) groups excluding carboxylic acids is 1. The minimum Gasteiger partial charge on any atom is -0.465 e. The molecule has 0 aliphatic heterocycles. The minimum absolute atomic E-state index is 0.0499. The van der Waals surface area contributed by atoms with Crippen molar-refractivity contribution in [1.29, 1.82) is 0 Å². The van der Waals surface area contributed by atoms with Crippen molar-refractivity contribution in [1.82, 2.24) is 5.32 Å². The van der Waals surface area contributed by atoms with Crippen molar-refractivity contribution in [2.75, 3.05) is 19.8 Å². The van der Waals surface area contributed by atoms with Gasteiger partial charge in [0.25, 0.3) is 0 Å². The summed E-state index contributed by atoms with van der Waals surface area (Å²) in [7, 11) is 0. The molecule has 0 radical (unpaired) electrons. The van der Waals surface area contributed by atoms with Gasteiger partial charge >= 0.3 is 5.97 Å². The average molecular weight is 355 g/mol. The maximum atomic E-state index is 12.1. The number of hydrogen-bond donors (Lipinski definition) is 2. The van der Waals surface area contributed by atoms with E-state index in [9.17, 15) is 9.90 Å². The second kappa shape index (κ2) is 10.7. The molecule has 2 aromatic carbocycles. The molecular formula is C22H29NO3. The summed E-state index contributed by atoms with van der Waals surface area (Å²) in [4.78, 5) is 12.1. The highest BCUT2D eigenvalue weighted by atomic mass is 16.5. The number of benzene rings is 2. The zero-order chi connectivity index (χ0) is 18.8. The molecule has 0 fully saturated rings. The van der Waals surface area contributed by atoms with E-state index < -0.39 is 6.04 Å². The van der Waals surface area contributed by atoms with Crippen LogP contribution in [0.2, 0.25) is 0 Å². The maximum Gasteiger partial charge on any atom is 0.323 e. The van der Waals surface area contributed by atoms with Gasteiger partial charge in [-0.25, -0.2) is 0 Å². The van der Waals surface area contributed by atoms with Crippen molar-refractivity contribution in [3.63, 3.8) is 0 Å². The van der Waals surface area contributed by atoms with Crippen molar-refractivity contribution in [3.05, 3.63) is 71.8 Å². The molecule has 4 nitrogen and oxygen atoms in total. The van der Waals surface area contributed by atoms with Crippen molar-refractivity contribution < 1.29 is 14.6 Å². The van der Waals surface area contributed by atoms with Gasteiger partial charge in [0.05, 0.1) is 6.61 Å². The van der Waals surface area contributed by atoms with Crippen LogP contribution in [0.3, 0.4) is 0 Å². The Balaban J connectivity index is 2.14. The number of aliphatic hydroxyl groups excluding tert-OH is 1. The predicted octanol–water partition coefficient (Wildman–Crippen LogP) is 3.36. The summed E-state index contributed by atoms with van der Waals surface area (Å²) in [5.74, 6) is 0.182. The van der Waals surface area contributed by atoms with Crippen LogP contribution in [0, 0.1) is 5.92 Å². The quantitative estimate of drug-likeness (QED) is 0.642. The molecule has 0 aromatic heterocycles. The molecule has 0 spiro atoms. The molecule has 26 heavy (non-hydrogen) atoms. The Morgan fingerprint density at radius 1 is 1.04 bits per heavy atom. The van der Waals surface area contributed by atoms with Crippen LogP contribution in [0.5, 0.6) is 0 Å². The van der Waals surface area contributed by atoms with Crippen LogP contribution in [0.25, 0.3) is 0 Å². The van der Waals surface area contributed by atoms with E-state index in [1.807, 2.05) is 12.1 Å². The van der Waals surface area contributed by atoms with E-state index in [-0.39, 0.29) is 24.4 Å². The summed E-state index contributed by atoms with van der Waals surface area (Å²) < 4.78 is 5.11. The lowest BCUT2D eigenvalue weighted by atomic mass is 9.81. The SMILES string of the molecule is CCOC(=O)C(CCO)NCC(C)C(c1ccccc1)c1ccccc1. The Morgan fingerprint density at radius 2 is 1.58 bits per heavy atom. The van der Waals surface area contributed by atoms with E-state index in [1.165, 1.54) is 11.1 Å². The summed E-state index contributed by atoms with van der Waals surface area (Å²) in [5.41, 5.74) is 2.51. The molecule has 0 bridgehead atoms. The fourth-order valence-corrected chi connectivity index (χ4v) is 3.29. The third-order valence-corrected chi connectivity index (χ3v) is 4.56. The van der Waals surface area contributed by atoms with E-state index >= 15 is 0 Å². The van der Waals surface area contributed by atoms with Gasteiger partial charge in [-0.2, -0.15) is 0 Å². The standard InChI is InChI=1S/C22H29NO3/c1-3-26-22(25)20(14-15-24)23-16-17(2)21(18-10-6-4-7-11-18)19-12-8-5-9-13-19/h4-13,17,20-21,23-24H,3,14-16H2,1-2H3. The first kappa shape index (κ1) is 20.1. The second-order valence-corrected chi connectivity index (χ2v) is 6.50. The first-order chi connectivity index (χ1) is 12.7. The summed E-state index contributed by atoms with van der Waals surface area (Å²) in [6, 6.07) is 20.4. The molecule has 0 aliphatic carbocycles. The Bertz CT molecular complexity index is 605. The minimum atomic E-state index is -0.477. The van der Waals surface area contributed by atoms with Gasteiger partial charge < -0.3 is 15.2 Å². The molecule has 2 rings (SSSR count). The third kappa shape index (κ3) is 5.68. The monoisotopic (exact) mass is 355 g/mol. The van der Waals surface area contributed by atoms with Crippen molar-refractivity contribution in [2.24, 2.45) is 5.92 Å². The summed E-state index contributed by atoms with van der Waals surface area (Å²) in [6.45, 7) is 4.91. The summed E-state index contributed by atoms with van der Waals surface area (Å²) in [5, 5.41) is 12.5. The molecule has 0 aliphatic rings. The van der Waals surface area contributed by atoms with E-state index in [0.717, 1.165) is 0 Å². The first-order valence-electron chi connectivity index (χ1n) is 9.28. The molecule has 2 aromatic rings. The third-order valence-electron chi connectivity index (χ3n) is 4.56. The Morgan fingerprint density at radius 3 is 2.04 bits per heavy atom. The highest BCUT2D eigenvalue weighted by molar-refractivity contribution is 5.75. The van der Waals surface area contributed by atoms with Crippen LogP contribution >= 0.6 is 0 Å². The zero-order valence-corrected chi connectivity index (χ0v) is 15.6. The largest absolute Gasteiger partial charge is 0.465 e. The lowest BCUT2D eigenvalue weighted by Crippen LogP contribution is -2.41. The number of ether oxygens (including phenoxy) is 1. The molecule has 2 N–H and O–H groups in total. The van der Waals surface area contributed by atoms with Gasteiger partial charge in [-0.1, -0.05) is 67.6 Å². The van der Waals surface area contributed by atoms with Gasteiger partial charge in [0.2, 0.25) is 0 Å². The highest BCUT2D eigenvalue weighted by Crippen LogP contribution is 2.31. The number of nitrogens with one attached hydrogen (secondary N) is 1. The second-order valence-electron chi connectivity index (χ2n) is 6.50. The normalized spacial score (nSPS) is 13.4. The molecule has 140 valence electrons. The lowest BCUT2D eigenvalue weighted by Gasteiger charge is -2.27. The summed E-state index contributed by atoms with van der Waals surface area (Å²) in [6.07, 6.45) is 0.354. The van der Waals surface area contributed by atoms with Gasteiger partial charge in [-0.3, -0.25) is 4.79 Å². The fourth-order valence-electron chi connectivity index (χ4n) is 3.29. The van der Waals surface area contributed by atoms with Gasteiger partial charge in [-0.15, -0.1) is 0 Å². The molecular weight excluding hydrogens is 326 g/mol. The molecule has 0 saturated heterocycles. The van der Waals surface area contributed by atoms with Crippen molar-refractivity contribution >= 4 is 5.97 Å². The summed E-state index contributed by atoms with van der Waals surface area (Å²) >= 11 is 0. The molecule has 0 amide bonds. The number of hydrogen-bond acceptors (Lipinski definition) is 4. The first-order valence-corrected chi connectivity index (χ1v) is 9.28. The Hall–Kier alpha value is -2.17. The lowest BCUT2D eigenvalue weighted by molar-refractivity contribution is -0.146. The topological polar surface area (TPSA) is 58.6 Å². The van der Waals surface area contributed by atoms with Crippen LogP contribution in [0.15, 0.2) is 60.7 Å². The molecule has 4 heteroatoms. The smallest absolute Gasteiger partial charge is 0.323 e. The number of esters is 1. The van der Waals surface area contributed by atoms with Gasteiger partial charge in [0.1, 0.15) is 6.04 Å². The van der Waals surface area contributed by atoms with E-state index in [1.54, 1.807) is 6.92 Å². The average Bonchev–Trinajstić information content (AvgIpc) is 2.67. The van der Waals surface area contributed by atoms with E-state index in [4.69, 9.17) is 4.74 Å². The Labute approximate surface area is 156 Å². The van der Waals surface area contributed by atoms with Crippen LogP contribution in [-0.2, 0) is 9.53 Å². The van der Waals surface area contributed by atoms with Crippen LogP contribution in [0.4, 0.5) is 0 Å². The van der Waals surface area contributed by atoms with Gasteiger partial charge in [0, 0.05) is 12.5 Å². The van der Waals surface area contributed by atoms with E-state index in [0.29, 0.717) is 19.6 Å². The highest BCUT2D eigenvalue weighted by Gasteiger charge is 2.24. The molecule has 0 heterocycles. The molecule has 2 atom stereocenters. The number of rotatable bonds is 10.